The fraction of sp³-hybridized carbons (Fsp3) is 1.00. The van der Waals surface area contributed by atoms with Gasteiger partial charge in [0.05, 0.1) is 0 Å². The standard InChI is InChI=1S/C17H34/c1-4-6-7-8-9-11-16(5-2)12-10-13-17-14-15(17)3/h15-17H,4-14H2,1-3H3. The van der Waals surface area contributed by atoms with Crippen LogP contribution in [0.1, 0.15) is 91.4 Å². The van der Waals surface area contributed by atoms with Crippen molar-refractivity contribution in [1.82, 2.24) is 0 Å². The van der Waals surface area contributed by atoms with Crippen molar-refractivity contribution in [1.29, 1.82) is 0 Å². The van der Waals surface area contributed by atoms with Crippen molar-refractivity contribution in [3.8, 4) is 0 Å². The molecule has 1 aliphatic carbocycles. The van der Waals surface area contributed by atoms with Crippen molar-refractivity contribution in [2.24, 2.45) is 17.8 Å². The fourth-order valence-electron chi connectivity index (χ4n) is 3.06. The maximum Gasteiger partial charge on any atom is -0.0386 e. The number of rotatable bonds is 11. The third-order valence-electron chi connectivity index (χ3n) is 4.76. The first-order chi connectivity index (χ1) is 8.27. The summed E-state index contributed by atoms with van der Waals surface area (Å²) in [5.74, 6) is 3.20. The van der Waals surface area contributed by atoms with Crippen molar-refractivity contribution >= 4 is 0 Å². The predicted molar refractivity (Wildman–Crippen MR) is 78.3 cm³/mol. The summed E-state index contributed by atoms with van der Waals surface area (Å²) in [6.45, 7) is 7.10. The quantitative estimate of drug-likeness (QED) is 0.376. The van der Waals surface area contributed by atoms with Gasteiger partial charge in [-0.2, -0.15) is 0 Å². The number of hydrogen-bond donors (Lipinski definition) is 0. The van der Waals surface area contributed by atoms with Gasteiger partial charge in [-0.25, -0.2) is 0 Å². The smallest absolute Gasteiger partial charge is 0.0386 e. The van der Waals surface area contributed by atoms with Gasteiger partial charge in [-0.15, -0.1) is 0 Å². The first-order valence-electron chi connectivity index (χ1n) is 8.27. The van der Waals surface area contributed by atoms with E-state index in [2.05, 4.69) is 20.8 Å². The number of unbranched alkanes of at least 4 members (excludes halogenated alkanes) is 4. The zero-order valence-corrected chi connectivity index (χ0v) is 12.5. The van der Waals surface area contributed by atoms with E-state index in [1.807, 2.05) is 0 Å². The maximum atomic E-state index is 2.41. The van der Waals surface area contributed by atoms with E-state index >= 15 is 0 Å². The van der Waals surface area contributed by atoms with E-state index in [9.17, 15) is 0 Å². The van der Waals surface area contributed by atoms with E-state index < -0.39 is 0 Å². The van der Waals surface area contributed by atoms with Crippen molar-refractivity contribution in [3.05, 3.63) is 0 Å². The van der Waals surface area contributed by atoms with Gasteiger partial charge in [0.2, 0.25) is 0 Å². The summed E-state index contributed by atoms with van der Waals surface area (Å²) >= 11 is 0. The SMILES string of the molecule is CCCCCCCC(CC)CCCC1CC1C. The molecule has 17 heavy (non-hydrogen) atoms. The third kappa shape index (κ3) is 7.11. The largest absolute Gasteiger partial charge is 0.0654 e. The first-order valence-corrected chi connectivity index (χ1v) is 8.27. The molecule has 1 fully saturated rings. The summed E-state index contributed by atoms with van der Waals surface area (Å²) in [5.41, 5.74) is 0. The van der Waals surface area contributed by atoms with Crippen LogP contribution in [0.15, 0.2) is 0 Å². The molecule has 0 radical (unpaired) electrons. The highest BCUT2D eigenvalue weighted by molar-refractivity contribution is 4.82. The molecule has 0 aliphatic heterocycles. The molecule has 0 saturated heterocycles. The maximum absolute atomic E-state index is 2.41. The normalized spacial score (nSPS) is 24.9. The summed E-state index contributed by atoms with van der Waals surface area (Å²) in [4.78, 5) is 0. The Bertz CT molecular complexity index is 173. The Morgan fingerprint density at radius 3 is 2.18 bits per heavy atom. The highest BCUT2D eigenvalue weighted by atomic mass is 14.4. The van der Waals surface area contributed by atoms with Crippen LogP contribution in [0.2, 0.25) is 0 Å². The van der Waals surface area contributed by atoms with Crippen LogP contribution in [-0.4, -0.2) is 0 Å². The van der Waals surface area contributed by atoms with Crippen LogP contribution in [0, 0.1) is 17.8 Å². The molecule has 0 amide bonds. The molecule has 0 aromatic rings. The summed E-state index contributed by atoms with van der Waals surface area (Å²) < 4.78 is 0. The minimum Gasteiger partial charge on any atom is -0.0654 e. The summed E-state index contributed by atoms with van der Waals surface area (Å²) in [6, 6.07) is 0. The van der Waals surface area contributed by atoms with Crippen molar-refractivity contribution in [3.63, 3.8) is 0 Å². The summed E-state index contributed by atoms with van der Waals surface area (Å²) in [5, 5.41) is 0. The Kier molecular flexibility index (Phi) is 7.97. The highest BCUT2D eigenvalue weighted by Gasteiger charge is 2.31. The highest BCUT2D eigenvalue weighted by Crippen LogP contribution is 2.42. The minimum absolute atomic E-state index is 1.03. The van der Waals surface area contributed by atoms with E-state index in [0.717, 1.165) is 17.8 Å². The second kappa shape index (κ2) is 9.00. The van der Waals surface area contributed by atoms with E-state index in [4.69, 9.17) is 0 Å². The van der Waals surface area contributed by atoms with Crippen LogP contribution in [0.4, 0.5) is 0 Å². The molecule has 3 atom stereocenters. The van der Waals surface area contributed by atoms with Crippen LogP contribution < -0.4 is 0 Å². The molecule has 1 rings (SSSR count). The van der Waals surface area contributed by atoms with Gasteiger partial charge in [0.25, 0.3) is 0 Å². The lowest BCUT2D eigenvalue weighted by Gasteiger charge is -2.14. The Hall–Kier alpha value is 0. The second-order valence-electron chi connectivity index (χ2n) is 6.38. The summed E-state index contributed by atoms with van der Waals surface area (Å²) in [7, 11) is 0. The predicted octanol–water partition coefficient (Wildman–Crippen LogP) is 6.20. The van der Waals surface area contributed by atoms with Gasteiger partial charge in [-0.1, -0.05) is 85.0 Å². The Labute approximate surface area is 110 Å². The van der Waals surface area contributed by atoms with E-state index in [1.54, 1.807) is 0 Å². The minimum atomic E-state index is 1.03. The molecule has 0 aromatic heterocycles. The zero-order valence-electron chi connectivity index (χ0n) is 12.5. The molecule has 1 saturated carbocycles. The lowest BCUT2D eigenvalue weighted by atomic mass is 9.92. The molecule has 0 heterocycles. The Balaban J connectivity index is 1.91. The average molecular weight is 238 g/mol. The van der Waals surface area contributed by atoms with Crippen molar-refractivity contribution in [2.45, 2.75) is 91.4 Å². The molecular formula is C17H34. The number of hydrogen-bond acceptors (Lipinski definition) is 0. The van der Waals surface area contributed by atoms with Gasteiger partial charge in [0.15, 0.2) is 0 Å². The molecule has 0 aromatic carbocycles. The van der Waals surface area contributed by atoms with Crippen LogP contribution in [0.5, 0.6) is 0 Å². The van der Waals surface area contributed by atoms with Crippen LogP contribution in [0.25, 0.3) is 0 Å². The lowest BCUT2D eigenvalue weighted by Crippen LogP contribution is -1.99. The second-order valence-corrected chi connectivity index (χ2v) is 6.38. The lowest BCUT2D eigenvalue weighted by molar-refractivity contribution is 0.391. The zero-order chi connectivity index (χ0) is 12.5. The van der Waals surface area contributed by atoms with E-state index in [-0.39, 0.29) is 0 Å². The van der Waals surface area contributed by atoms with Gasteiger partial charge in [-0.05, 0) is 24.2 Å². The van der Waals surface area contributed by atoms with E-state index in [1.165, 1.54) is 70.6 Å². The first kappa shape index (κ1) is 15.1. The molecule has 0 spiro atoms. The third-order valence-corrected chi connectivity index (χ3v) is 4.76. The van der Waals surface area contributed by atoms with Crippen LogP contribution in [-0.2, 0) is 0 Å². The average Bonchev–Trinajstić information content (AvgIpc) is 3.03. The van der Waals surface area contributed by atoms with Gasteiger partial charge in [0, 0.05) is 0 Å². The Morgan fingerprint density at radius 2 is 1.59 bits per heavy atom. The van der Waals surface area contributed by atoms with Gasteiger partial charge in [-0.3, -0.25) is 0 Å². The van der Waals surface area contributed by atoms with Crippen LogP contribution >= 0.6 is 0 Å². The van der Waals surface area contributed by atoms with Crippen molar-refractivity contribution < 1.29 is 0 Å². The topological polar surface area (TPSA) is 0 Å². The molecule has 3 unspecified atom stereocenters. The summed E-state index contributed by atoms with van der Waals surface area (Å²) in [6.07, 6.45) is 16.2. The fourth-order valence-corrected chi connectivity index (χ4v) is 3.06. The van der Waals surface area contributed by atoms with Crippen LogP contribution in [0.3, 0.4) is 0 Å². The Morgan fingerprint density at radius 1 is 0.941 bits per heavy atom. The van der Waals surface area contributed by atoms with Gasteiger partial charge in [0.1, 0.15) is 0 Å². The molecule has 0 N–H and O–H groups in total. The molecular weight excluding hydrogens is 204 g/mol. The van der Waals surface area contributed by atoms with Gasteiger partial charge < -0.3 is 0 Å². The van der Waals surface area contributed by atoms with Crippen molar-refractivity contribution in [2.75, 3.05) is 0 Å². The van der Waals surface area contributed by atoms with Gasteiger partial charge >= 0.3 is 0 Å². The molecule has 1 aliphatic rings. The van der Waals surface area contributed by atoms with E-state index in [0.29, 0.717) is 0 Å². The molecule has 102 valence electrons. The molecule has 0 heteroatoms. The molecule has 0 nitrogen and oxygen atoms in total. The monoisotopic (exact) mass is 238 g/mol. The molecule has 0 bridgehead atoms.